The predicted octanol–water partition coefficient (Wildman–Crippen LogP) is 4.11. The highest BCUT2D eigenvalue weighted by Crippen LogP contribution is 2.62. The van der Waals surface area contributed by atoms with Gasteiger partial charge in [0.25, 0.3) is 0 Å². The van der Waals surface area contributed by atoms with Crippen LogP contribution in [0, 0.1) is 23.7 Å². The summed E-state index contributed by atoms with van der Waals surface area (Å²) < 4.78 is 5.87. The van der Waals surface area contributed by atoms with Gasteiger partial charge < -0.3 is 4.74 Å². The molecule has 3 atom stereocenters. The molecule has 0 radical (unpaired) electrons. The Morgan fingerprint density at radius 1 is 1.14 bits per heavy atom. The summed E-state index contributed by atoms with van der Waals surface area (Å²) in [6, 6.07) is 10.2. The molecule has 0 aromatic heterocycles. The average molecular weight is 276 g/mol. The smallest absolute Gasteiger partial charge is 0.143 e. The fourth-order valence-electron chi connectivity index (χ4n) is 3.97. The lowest BCUT2D eigenvalue weighted by Gasteiger charge is -2.13. The molecule has 1 aromatic rings. The van der Waals surface area contributed by atoms with E-state index in [2.05, 4.69) is 36.1 Å². The third kappa shape index (κ3) is 1.98. The fraction of sp³-hybridized carbons (Fsp3) is 0.400. The first-order chi connectivity index (χ1) is 10.3. The van der Waals surface area contributed by atoms with Crippen LogP contribution in [0.2, 0.25) is 0 Å². The Kier molecular flexibility index (Phi) is 3.01. The molecular weight excluding hydrogens is 256 g/mol. The Bertz CT molecular complexity index is 663. The van der Waals surface area contributed by atoms with E-state index in [1.807, 2.05) is 25.3 Å². The number of methoxy groups -OCH3 is 1. The summed E-state index contributed by atoms with van der Waals surface area (Å²) in [7, 11) is 1.81. The number of rotatable bonds is 1. The van der Waals surface area contributed by atoms with E-state index in [1.54, 1.807) is 5.57 Å². The lowest BCUT2D eigenvalue weighted by Crippen LogP contribution is -2.16. The highest BCUT2D eigenvalue weighted by Gasteiger charge is 2.67. The highest BCUT2D eigenvalue weighted by molar-refractivity contribution is 5.55. The number of hydrogen-bond donors (Lipinski definition) is 0. The second kappa shape index (κ2) is 4.90. The Balaban J connectivity index is 1.65. The Hall–Kier alpha value is -1.78. The minimum absolute atomic E-state index is 0.268. The van der Waals surface area contributed by atoms with Crippen LogP contribution in [-0.2, 0) is 4.74 Å². The van der Waals surface area contributed by atoms with Gasteiger partial charge in [0.1, 0.15) is 5.60 Å². The molecule has 0 saturated heterocycles. The Labute approximate surface area is 126 Å². The number of benzene rings is 1. The largest absolute Gasteiger partial charge is 0.364 e. The van der Waals surface area contributed by atoms with Gasteiger partial charge in [0.05, 0.1) is 0 Å². The monoisotopic (exact) mass is 276 g/mol. The number of hydrogen-bond acceptors (Lipinski definition) is 1. The zero-order valence-electron chi connectivity index (χ0n) is 12.4. The van der Waals surface area contributed by atoms with E-state index in [0.717, 1.165) is 5.56 Å². The summed E-state index contributed by atoms with van der Waals surface area (Å²) >= 11 is 0. The van der Waals surface area contributed by atoms with Gasteiger partial charge in [-0.25, -0.2) is 0 Å². The SMILES string of the molecule is CO[C@@]1(C#Cc2ccccc2)[C@@H]2C(=C3CCCC3)C=C[C@@H]21. The quantitative estimate of drug-likeness (QED) is 0.701. The summed E-state index contributed by atoms with van der Waals surface area (Å²) in [5.41, 5.74) is 3.98. The van der Waals surface area contributed by atoms with E-state index in [0.29, 0.717) is 11.8 Å². The van der Waals surface area contributed by atoms with E-state index in [4.69, 9.17) is 4.74 Å². The minimum atomic E-state index is -0.268. The molecule has 21 heavy (non-hydrogen) atoms. The molecule has 1 nitrogen and oxygen atoms in total. The summed E-state index contributed by atoms with van der Waals surface area (Å²) in [4.78, 5) is 0. The molecule has 0 amide bonds. The van der Waals surface area contributed by atoms with Crippen molar-refractivity contribution in [3.63, 3.8) is 0 Å². The number of ether oxygens (including phenoxy) is 1. The molecule has 0 spiro atoms. The summed E-state index contributed by atoms with van der Waals surface area (Å²) in [5.74, 6) is 7.68. The van der Waals surface area contributed by atoms with Crippen LogP contribution in [0.15, 0.2) is 53.6 Å². The Morgan fingerprint density at radius 2 is 1.90 bits per heavy atom. The van der Waals surface area contributed by atoms with Crippen molar-refractivity contribution in [2.75, 3.05) is 7.11 Å². The van der Waals surface area contributed by atoms with E-state index < -0.39 is 0 Å². The van der Waals surface area contributed by atoms with E-state index in [1.165, 1.54) is 31.3 Å². The fourth-order valence-corrected chi connectivity index (χ4v) is 3.97. The van der Waals surface area contributed by atoms with Crippen LogP contribution < -0.4 is 0 Å². The van der Waals surface area contributed by atoms with Crippen molar-refractivity contribution in [1.29, 1.82) is 0 Å². The molecule has 0 N–H and O–H groups in total. The van der Waals surface area contributed by atoms with E-state index >= 15 is 0 Å². The molecule has 0 aliphatic heterocycles. The third-order valence-electron chi connectivity index (χ3n) is 5.15. The lowest BCUT2D eigenvalue weighted by molar-refractivity contribution is 0.111. The van der Waals surface area contributed by atoms with Gasteiger partial charge in [0.2, 0.25) is 0 Å². The lowest BCUT2D eigenvalue weighted by atomic mass is 10.0. The van der Waals surface area contributed by atoms with Crippen molar-refractivity contribution in [3.8, 4) is 11.8 Å². The molecule has 0 bridgehead atoms. The van der Waals surface area contributed by atoms with Crippen LogP contribution in [-0.4, -0.2) is 12.7 Å². The molecule has 0 heterocycles. The second-order valence-corrected chi connectivity index (χ2v) is 6.24. The van der Waals surface area contributed by atoms with Gasteiger partial charge in [-0.1, -0.05) is 47.8 Å². The molecule has 1 aromatic carbocycles. The third-order valence-corrected chi connectivity index (χ3v) is 5.15. The number of allylic oxidation sites excluding steroid dienone is 2. The summed E-state index contributed by atoms with van der Waals surface area (Å²) in [6.07, 6.45) is 9.88. The maximum Gasteiger partial charge on any atom is 0.143 e. The van der Waals surface area contributed by atoms with E-state index in [9.17, 15) is 0 Å². The van der Waals surface area contributed by atoms with Crippen LogP contribution in [0.1, 0.15) is 31.2 Å². The molecule has 4 rings (SSSR count). The van der Waals surface area contributed by atoms with Gasteiger partial charge >= 0.3 is 0 Å². The van der Waals surface area contributed by atoms with Gasteiger partial charge in [-0.2, -0.15) is 0 Å². The standard InChI is InChI=1S/C20H20O/c1-21-20(14-13-15-7-3-2-4-8-15)18-12-11-17(19(18)20)16-9-5-6-10-16/h2-4,7-8,11-12,18-19H,5-6,9-10H2,1H3/t18-,19+,20+/m0/s1. The molecule has 106 valence electrons. The van der Waals surface area contributed by atoms with Crippen molar-refractivity contribution in [3.05, 3.63) is 59.2 Å². The van der Waals surface area contributed by atoms with Crippen LogP contribution >= 0.6 is 0 Å². The van der Waals surface area contributed by atoms with Crippen molar-refractivity contribution in [2.45, 2.75) is 31.3 Å². The van der Waals surface area contributed by atoms with Crippen molar-refractivity contribution >= 4 is 0 Å². The van der Waals surface area contributed by atoms with Gasteiger partial charge in [-0.3, -0.25) is 0 Å². The van der Waals surface area contributed by atoms with Crippen molar-refractivity contribution < 1.29 is 4.74 Å². The number of fused-ring (bicyclic) bond motifs is 1. The molecular formula is C20H20O. The van der Waals surface area contributed by atoms with Crippen LogP contribution in [0.5, 0.6) is 0 Å². The molecule has 3 aliphatic rings. The molecule has 3 aliphatic carbocycles. The summed E-state index contributed by atoms with van der Waals surface area (Å²) in [6.45, 7) is 0. The van der Waals surface area contributed by atoms with Crippen LogP contribution in [0.4, 0.5) is 0 Å². The molecule has 1 heteroatoms. The first-order valence-corrected chi connectivity index (χ1v) is 7.88. The van der Waals surface area contributed by atoms with Crippen LogP contribution in [0.3, 0.4) is 0 Å². The zero-order valence-corrected chi connectivity index (χ0v) is 12.4. The van der Waals surface area contributed by atoms with Gasteiger partial charge in [-0.05, 0) is 43.4 Å². The van der Waals surface area contributed by atoms with Gasteiger partial charge in [0, 0.05) is 24.5 Å². The summed E-state index contributed by atoms with van der Waals surface area (Å²) in [5, 5.41) is 0. The molecule has 2 fully saturated rings. The minimum Gasteiger partial charge on any atom is -0.364 e. The molecule has 0 unspecified atom stereocenters. The van der Waals surface area contributed by atoms with E-state index in [-0.39, 0.29) is 5.60 Å². The Morgan fingerprint density at radius 3 is 2.62 bits per heavy atom. The predicted molar refractivity (Wildman–Crippen MR) is 84.7 cm³/mol. The zero-order chi connectivity index (χ0) is 14.3. The molecule has 2 saturated carbocycles. The second-order valence-electron chi connectivity index (χ2n) is 6.24. The topological polar surface area (TPSA) is 9.23 Å². The first kappa shape index (κ1) is 12.9. The van der Waals surface area contributed by atoms with Crippen molar-refractivity contribution in [2.24, 2.45) is 11.8 Å². The maximum absolute atomic E-state index is 5.87. The maximum atomic E-state index is 5.87. The van der Waals surface area contributed by atoms with Gasteiger partial charge in [0.15, 0.2) is 0 Å². The highest BCUT2D eigenvalue weighted by atomic mass is 16.5. The average Bonchev–Trinajstić information content (AvgIpc) is 2.97. The van der Waals surface area contributed by atoms with Crippen molar-refractivity contribution in [1.82, 2.24) is 0 Å². The van der Waals surface area contributed by atoms with Gasteiger partial charge in [-0.15, -0.1) is 0 Å². The van der Waals surface area contributed by atoms with Crippen LogP contribution in [0.25, 0.3) is 0 Å². The normalized spacial score (nSPS) is 32.8. The first-order valence-electron chi connectivity index (χ1n) is 7.88.